The Hall–Kier alpha value is -2.04. The quantitative estimate of drug-likeness (QED) is 0.644. The molecule has 0 aromatic heterocycles. The number of aliphatic imine (C=N–C) groups is 1. The minimum atomic E-state index is 0.265. The molecule has 5 nitrogen and oxygen atoms in total. The number of carbonyl (C=O) groups is 1. The summed E-state index contributed by atoms with van der Waals surface area (Å²) in [5, 5.41) is 6.85. The molecule has 1 aromatic carbocycles. The summed E-state index contributed by atoms with van der Waals surface area (Å²) < 4.78 is 0. The zero-order valence-corrected chi connectivity index (χ0v) is 16.1. The molecule has 1 saturated heterocycles. The van der Waals surface area contributed by atoms with Crippen molar-refractivity contribution in [2.24, 2.45) is 10.9 Å². The molecule has 2 fully saturated rings. The van der Waals surface area contributed by atoms with E-state index in [0.717, 1.165) is 44.9 Å². The van der Waals surface area contributed by atoms with E-state index in [2.05, 4.69) is 51.7 Å². The van der Waals surface area contributed by atoms with E-state index >= 15 is 0 Å². The second kappa shape index (κ2) is 9.06. The highest BCUT2D eigenvalue weighted by molar-refractivity contribution is 5.81. The van der Waals surface area contributed by atoms with Crippen molar-refractivity contribution in [3.8, 4) is 0 Å². The highest BCUT2D eigenvalue weighted by atomic mass is 16.2. The van der Waals surface area contributed by atoms with Crippen LogP contribution in [0, 0.1) is 12.8 Å². The van der Waals surface area contributed by atoms with Crippen LogP contribution in [0.2, 0.25) is 0 Å². The fourth-order valence-electron chi connectivity index (χ4n) is 3.97. The fourth-order valence-corrected chi connectivity index (χ4v) is 3.97. The van der Waals surface area contributed by atoms with E-state index in [1.54, 1.807) is 7.05 Å². The summed E-state index contributed by atoms with van der Waals surface area (Å²) in [6, 6.07) is 8.80. The lowest BCUT2D eigenvalue weighted by Crippen LogP contribution is -2.45. The van der Waals surface area contributed by atoms with Crippen LogP contribution < -0.4 is 10.6 Å². The van der Waals surface area contributed by atoms with E-state index in [0.29, 0.717) is 5.91 Å². The second-order valence-corrected chi connectivity index (χ2v) is 7.66. The lowest BCUT2D eigenvalue weighted by atomic mass is 9.88. The lowest BCUT2D eigenvalue weighted by molar-refractivity contribution is -0.135. The van der Waals surface area contributed by atoms with Crippen LogP contribution in [-0.4, -0.2) is 42.9 Å². The number of aryl methyl sites for hydroxylation is 1. The minimum Gasteiger partial charge on any atom is -0.352 e. The first kappa shape index (κ1) is 18.7. The molecule has 1 aromatic rings. The van der Waals surface area contributed by atoms with E-state index in [1.807, 2.05) is 0 Å². The summed E-state index contributed by atoms with van der Waals surface area (Å²) in [5.74, 6) is 1.45. The summed E-state index contributed by atoms with van der Waals surface area (Å²) >= 11 is 0. The predicted octanol–water partition coefficient (Wildman–Crippen LogP) is 2.84. The molecule has 2 aliphatic rings. The molecule has 0 bridgehead atoms. The largest absolute Gasteiger partial charge is 0.352 e. The van der Waals surface area contributed by atoms with E-state index in [9.17, 15) is 4.79 Å². The number of amides is 1. The van der Waals surface area contributed by atoms with Gasteiger partial charge in [0.15, 0.2) is 5.96 Å². The third kappa shape index (κ3) is 4.99. The Morgan fingerprint density at radius 2 is 1.88 bits per heavy atom. The third-order valence-electron chi connectivity index (χ3n) is 5.60. The molecule has 26 heavy (non-hydrogen) atoms. The predicted molar refractivity (Wildman–Crippen MR) is 106 cm³/mol. The van der Waals surface area contributed by atoms with Crippen molar-refractivity contribution in [1.82, 2.24) is 15.5 Å². The van der Waals surface area contributed by atoms with Crippen LogP contribution in [0.25, 0.3) is 0 Å². The van der Waals surface area contributed by atoms with Gasteiger partial charge in [-0.05, 0) is 31.7 Å². The lowest BCUT2D eigenvalue weighted by Gasteiger charge is -2.26. The molecular weight excluding hydrogens is 324 g/mol. The van der Waals surface area contributed by atoms with Gasteiger partial charge in [-0.2, -0.15) is 0 Å². The molecule has 0 spiro atoms. The zero-order chi connectivity index (χ0) is 18.4. The third-order valence-corrected chi connectivity index (χ3v) is 5.60. The van der Waals surface area contributed by atoms with Crippen molar-refractivity contribution in [1.29, 1.82) is 0 Å². The molecule has 3 rings (SSSR count). The fraction of sp³-hybridized carbons (Fsp3) is 0.619. The summed E-state index contributed by atoms with van der Waals surface area (Å²) in [5.41, 5.74) is 2.50. The number of benzene rings is 1. The Kier molecular flexibility index (Phi) is 6.53. The van der Waals surface area contributed by atoms with E-state index < -0.39 is 0 Å². The molecule has 0 radical (unpaired) electrons. The summed E-state index contributed by atoms with van der Waals surface area (Å²) in [6.45, 7) is 4.50. The van der Waals surface area contributed by atoms with Crippen LogP contribution in [0.3, 0.4) is 0 Å². The average molecular weight is 357 g/mol. The van der Waals surface area contributed by atoms with E-state index in [4.69, 9.17) is 0 Å². The van der Waals surface area contributed by atoms with Crippen molar-refractivity contribution in [3.63, 3.8) is 0 Å². The second-order valence-electron chi connectivity index (χ2n) is 7.66. The summed E-state index contributed by atoms with van der Waals surface area (Å²) in [7, 11) is 1.80. The molecule has 1 aliphatic heterocycles. The smallest absolute Gasteiger partial charge is 0.225 e. The normalized spacial score (nSPS) is 21.7. The highest BCUT2D eigenvalue weighted by Gasteiger charge is 2.31. The molecule has 1 amide bonds. The topological polar surface area (TPSA) is 56.7 Å². The van der Waals surface area contributed by atoms with Crippen molar-refractivity contribution in [2.45, 2.75) is 58.0 Å². The van der Waals surface area contributed by atoms with Crippen LogP contribution in [0.5, 0.6) is 0 Å². The van der Waals surface area contributed by atoms with Crippen molar-refractivity contribution in [2.75, 3.05) is 20.1 Å². The van der Waals surface area contributed by atoms with Crippen LogP contribution in [0.15, 0.2) is 29.3 Å². The SMILES string of the molecule is CN=C(NCc1ccc(C)cc1)NC1CCN(C(=O)C2CCCCC2)C1. The monoisotopic (exact) mass is 356 g/mol. The molecule has 1 aliphatic carbocycles. The van der Waals surface area contributed by atoms with Gasteiger partial charge in [0.25, 0.3) is 0 Å². The van der Waals surface area contributed by atoms with Gasteiger partial charge in [-0.15, -0.1) is 0 Å². The van der Waals surface area contributed by atoms with Crippen LogP contribution in [0.4, 0.5) is 0 Å². The highest BCUT2D eigenvalue weighted by Crippen LogP contribution is 2.26. The van der Waals surface area contributed by atoms with Gasteiger partial charge in [0.05, 0.1) is 0 Å². The van der Waals surface area contributed by atoms with Gasteiger partial charge in [-0.1, -0.05) is 49.1 Å². The first-order valence-corrected chi connectivity index (χ1v) is 9.97. The standard InChI is InChI=1S/C21H32N4O/c1-16-8-10-17(11-9-16)14-23-21(22-2)24-19-12-13-25(15-19)20(26)18-6-4-3-5-7-18/h8-11,18-19H,3-7,12-15H2,1-2H3,(H2,22,23,24). The molecule has 5 heteroatoms. The van der Waals surface area contributed by atoms with Crippen LogP contribution in [-0.2, 0) is 11.3 Å². The maximum Gasteiger partial charge on any atom is 0.225 e. The van der Waals surface area contributed by atoms with Gasteiger partial charge in [-0.3, -0.25) is 9.79 Å². The number of carbonyl (C=O) groups excluding carboxylic acids is 1. The zero-order valence-electron chi connectivity index (χ0n) is 16.1. The molecule has 142 valence electrons. The maximum atomic E-state index is 12.7. The van der Waals surface area contributed by atoms with Crippen molar-refractivity contribution >= 4 is 11.9 Å². The van der Waals surface area contributed by atoms with Crippen molar-refractivity contribution in [3.05, 3.63) is 35.4 Å². The minimum absolute atomic E-state index is 0.265. The van der Waals surface area contributed by atoms with Gasteiger partial charge in [-0.25, -0.2) is 0 Å². The number of hydrogen-bond acceptors (Lipinski definition) is 2. The maximum absolute atomic E-state index is 12.7. The first-order valence-electron chi connectivity index (χ1n) is 9.97. The number of guanidine groups is 1. The van der Waals surface area contributed by atoms with Gasteiger partial charge >= 0.3 is 0 Å². The van der Waals surface area contributed by atoms with E-state index in [-0.39, 0.29) is 12.0 Å². The molecule has 2 N–H and O–H groups in total. The Balaban J connectivity index is 1.45. The number of likely N-dealkylation sites (tertiary alicyclic amines) is 1. The van der Waals surface area contributed by atoms with Crippen molar-refractivity contribution < 1.29 is 4.79 Å². The number of nitrogens with one attached hydrogen (secondary N) is 2. The Morgan fingerprint density at radius 3 is 2.58 bits per heavy atom. The number of rotatable bonds is 4. The van der Waals surface area contributed by atoms with Gasteiger partial charge in [0, 0.05) is 38.6 Å². The molecule has 1 heterocycles. The Morgan fingerprint density at radius 1 is 1.15 bits per heavy atom. The first-order chi connectivity index (χ1) is 12.7. The number of hydrogen-bond donors (Lipinski definition) is 2. The van der Waals surface area contributed by atoms with Gasteiger partial charge in [0.1, 0.15) is 0 Å². The molecule has 1 unspecified atom stereocenters. The Labute approximate surface area is 157 Å². The molecule has 1 saturated carbocycles. The summed E-state index contributed by atoms with van der Waals surface area (Å²) in [6.07, 6.45) is 6.85. The summed E-state index contributed by atoms with van der Waals surface area (Å²) in [4.78, 5) is 19.1. The number of nitrogens with zero attached hydrogens (tertiary/aromatic N) is 2. The average Bonchev–Trinajstić information content (AvgIpc) is 3.15. The molecular formula is C21H32N4O. The molecule has 1 atom stereocenters. The van der Waals surface area contributed by atoms with Gasteiger partial charge in [0.2, 0.25) is 5.91 Å². The van der Waals surface area contributed by atoms with Crippen LogP contribution >= 0.6 is 0 Å². The Bertz CT molecular complexity index is 619. The van der Waals surface area contributed by atoms with E-state index in [1.165, 1.54) is 30.4 Å². The van der Waals surface area contributed by atoms with Gasteiger partial charge < -0.3 is 15.5 Å². The van der Waals surface area contributed by atoms with Crippen LogP contribution in [0.1, 0.15) is 49.7 Å².